The Morgan fingerprint density at radius 2 is 2.12 bits per heavy atom. The van der Waals surface area contributed by atoms with Crippen molar-refractivity contribution >= 4 is 10.8 Å². The van der Waals surface area contributed by atoms with Crippen LogP contribution in [0.2, 0.25) is 0 Å². The van der Waals surface area contributed by atoms with Crippen LogP contribution in [0.1, 0.15) is 11.1 Å². The molecule has 16 heavy (non-hydrogen) atoms. The van der Waals surface area contributed by atoms with E-state index in [2.05, 4.69) is 6.07 Å². The summed E-state index contributed by atoms with van der Waals surface area (Å²) in [6.07, 6.45) is 0. The van der Waals surface area contributed by atoms with Gasteiger partial charge in [0.2, 0.25) is 0 Å². The van der Waals surface area contributed by atoms with Crippen molar-refractivity contribution in [2.24, 2.45) is 0 Å². The number of aliphatic hydroxyl groups excluding tert-OH is 1. The lowest BCUT2D eigenvalue weighted by Gasteiger charge is -2.06. The second-order valence-electron chi connectivity index (χ2n) is 3.46. The van der Waals surface area contributed by atoms with Crippen molar-refractivity contribution in [3.8, 4) is 11.8 Å². The van der Waals surface area contributed by atoms with E-state index >= 15 is 0 Å². The van der Waals surface area contributed by atoms with Gasteiger partial charge in [-0.25, -0.2) is 0 Å². The molecule has 0 bridgehead atoms. The molecule has 0 aliphatic carbocycles. The minimum absolute atomic E-state index is 0.120. The highest BCUT2D eigenvalue weighted by Crippen LogP contribution is 2.25. The number of fused-ring (bicyclic) bond motifs is 1. The molecule has 0 saturated carbocycles. The highest BCUT2D eigenvalue weighted by Gasteiger charge is 2.06. The second kappa shape index (κ2) is 4.21. The SMILES string of the molecule is COc1ccc2c(C#N)c(CO)ccc2c1. The van der Waals surface area contributed by atoms with E-state index in [1.54, 1.807) is 13.2 Å². The van der Waals surface area contributed by atoms with E-state index in [-0.39, 0.29) is 6.61 Å². The monoisotopic (exact) mass is 213 g/mol. The topological polar surface area (TPSA) is 53.2 Å². The number of aliphatic hydroxyl groups is 1. The third-order valence-electron chi connectivity index (χ3n) is 2.60. The van der Waals surface area contributed by atoms with E-state index in [9.17, 15) is 0 Å². The predicted octanol–water partition coefficient (Wildman–Crippen LogP) is 2.21. The molecule has 0 spiro atoms. The first-order valence-electron chi connectivity index (χ1n) is 4.90. The zero-order valence-electron chi connectivity index (χ0n) is 8.90. The number of methoxy groups -OCH3 is 1. The summed E-state index contributed by atoms with van der Waals surface area (Å²) in [5.41, 5.74) is 1.18. The maximum Gasteiger partial charge on any atom is 0.119 e. The van der Waals surface area contributed by atoms with Gasteiger partial charge in [0.05, 0.1) is 19.3 Å². The molecule has 3 nitrogen and oxygen atoms in total. The Hall–Kier alpha value is -2.05. The zero-order chi connectivity index (χ0) is 11.5. The maximum absolute atomic E-state index is 9.13. The standard InChI is InChI=1S/C13H11NO2/c1-16-11-4-5-12-9(6-11)2-3-10(8-15)13(12)7-14/h2-6,15H,8H2,1H3. The second-order valence-corrected chi connectivity index (χ2v) is 3.46. The van der Waals surface area contributed by atoms with Crippen LogP contribution in [0.15, 0.2) is 30.3 Å². The van der Waals surface area contributed by atoms with Crippen molar-refractivity contribution in [3.63, 3.8) is 0 Å². The molecule has 0 aromatic heterocycles. The number of hydrogen-bond acceptors (Lipinski definition) is 3. The summed E-state index contributed by atoms with van der Waals surface area (Å²) in [6, 6.07) is 11.3. The lowest BCUT2D eigenvalue weighted by Crippen LogP contribution is -1.91. The fourth-order valence-electron chi connectivity index (χ4n) is 1.74. The van der Waals surface area contributed by atoms with Gasteiger partial charge in [-0.1, -0.05) is 12.1 Å². The van der Waals surface area contributed by atoms with Gasteiger partial charge in [0.25, 0.3) is 0 Å². The number of nitriles is 1. The molecular formula is C13H11NO2. The van der Waals surface area contributed by atoms with E-state index < -0.39 is 0 Å². The van der Waals surface area contributed by atoms with Crippen LogP contribution in [0.3, 0.4) is 0 Å². The molecule has 0 amide bonds. The molecule has 3 heteroatoms. The summed E-state index contributed by atoms with van der Waals surface area (Å²) in [5.74, 6) is 0.758. The third kappa shape index (κ3) is 1.60. The van der Waals surface area contributed by atoms with Crippen LogP contribution in [-0.2, 0) is 6.61 Å². The van der Waals surface area contributed by atoms with E-state index in [1.165, 1.54) is 0 Å². The first kappa shape index (κ1) is 10.5. The molecule has 0 saturated heterocycles. The lowest BCUT2D eigenvalue weighted by atomic mass is 10.00. The molecule has 80 valence electrons. The highest BCUT2D eigenvalue weighted by molar-refractivity contribution is 5.90. The van der Waals surface area contributed by atoms with Crippen LogP contribution >= 0.6 is 0 Å². The van der Waals surface area contributed by atoms with Crippen LogP contribution in [-0.4, -0.2) is 12.2 Å². The minimum atomic E-state index is -0.120. The van der Waals surface area contributed by atoms with Crippen LogP contribution in [0.25, 0.3) is 10.8 Å². The number of ether oxygens (including phenoxy) is 1. The van der Waals surface area contributed by atoms with E-state index in [4.69, 9.17) is 15.1 Å². The molecule has 1 N–H and O–H groups in total. The van der Waals surface area contributed by atoms with Gasteiger partial charge in [0.15, 0.2) is 0 Å². The third-order valence-corrected chi connectivity index (χ3v) is 2.60. The molecule has 0 aliphatic rings. The van der Waals surface area contributed by atoms with Crippen LogP contribution in [0.5, 0.6) is 5.75 Å². The number of rotatable bonds is 2. The summed E-state index contributed by atoms with van der Waals surface area (Å²) < 4.78 is 5.12. The average molecular weight is 213 g/mol. The van der Waals surface area contributed by atoms with Gasteiger partial charge >= 0.3 is 0 Å². The summed E-state index contributed by atoms with van der Waals surface area (Å²) in [7, 11) is 1.61. The van der Waals surface area contributed by atoms with Crippen molar-refractivity contribution in [2.45, 2.75) is 6.61 Å². The molecule has 2 aromatic rings. The molecule has 2 aromatic carbocycles. The molecule has 0 atom stereocenters. The molecular weight excluding hydrogens is 202 g/mol. The number of nitrogens with zero attached hydrogens (tertiary/aromatic N) is 1. The van der Waals surface area contributed by atoms with Crippen molar-refractivity contribution in [1.82, 2.24) is 0 Å². The Bertz CT molecular complexity index is 570. The van der Waals surface area contributed by atoms with E-state index in [0.717, 1.165) is 16.5 Å². The maximum atomic E-state index is 9.13. The number of hydrogen-bond donors (Lipinski definition) is 1. The Morgan fingerprint density at radius 1 is 1.31 bits per heavy atom. The summed E-state index contributed by atoms with van der Waals surface area (Å²) in [5, 5.41) is 20.0. The van der Waals surface area contributed by atoms with Gasteiger partial charge < -0.3 is 9.84 Å². The van der Waals surface area contributed by atoms with E-state index in [0.29, 0.717) is 11.1 Å². The smallest absolute Gasteiger partial charge is 0.119 e. The van der Waals surface area contributed by atoms with Gasteiger partial charge in [-0.3, -0.25) is 0 Å². The molecule has 0 heterocycles. The zero-order valence-corrected chi connectivity index (χ0v) is 8.90. The first-order chi connectivity index (χ1) is 7.80. The Morgan fingerprint density at radius 3 is 2.75 bits per heavy atom. The van der Waals surface area contributed by atoms with Gasteiger partial charge in [0, 0.05) is 5.39 Å². The van der Waals surface area contributed by atoms with Crippen molar-refractivity contribution in [3.05, 3.63) is 41.5 Å². The molecule has 0 unspecified atom stereocenters. The van der Waals surface area contributed by atoms with Gasteiger partial charge in [0.1, 0.15) is 11.8 Å². The summed E-state index contributed by atoms with van der Waals surface area (Å²) in [4.78, 5) is 0. The average Bonchev–Trinajstić information content (AvgIpc) is 2.36. The Labute approximate surface area is 93.5 Å². The van der Waals surface area contributed by atoms with Gasteiger partial charge in [-0.05, 0) is 29.1 Å². The number of benzene rings is 2. The summed E-state index contributed by atoms with van der Waals surface area (Å²) in [6.45, 7) is -0.120. The Balaban J connectivity index is 2.75. The van der Waals surface area contributed by atoms with Crippen molar-refractivity contribution in [1.29, 1.82) is 5.26 Å². The molecule has 0 fully saturated rings. The molecule has 0 radical (unpaired) electrons. The van der Waals surface area contributed by atoms with Crippen LogP contribution in [0.4, 0.5) is 0 Å². The fraction of sp³-hybridized carbons (Fsp3) is 0.154. The minimum Gasteiger partial charge on any atom is -0.497 e. The van der Waals surface area contributed by atoms with Crippen molar-refractivity contribution < 1.29 is 9.84 Å². The normalized spacial score (nSPS) is 10.1. The largest absolute Gasteiger partial charge is 0.497 e. The van der Waals surface area contributed by atoms with Crippen LogP contribution in [0, 0.1) is 11.3 Å². The predicted molar refractivity (Wildman–Crippen MR) is 61.1 cm³/mol. The quantitative estimate of drug-likeness (QED) is 0.832. The first-order valence-corrected chi connectivity index (χ1v) is 4.90. The van der Waals surface area contributed by atoms with E-state index in [1.807, 2.05) is 24.3 Å². The highest BCUT2D eigenvalue weighted by atomic mass is 16.5. The van der Waals surface area contributed by atoms with Gasteiger partial charge in [-0.2, -0.15) is 5.26 Å². The van der Waals surface area contributed by atoms with Crippen LogP contribution < -0.4 is 4.74 Å². The summed E-state index contributed by atoms with van der Waals surface area (Å²) >= 11 is 0. The molecule has 0 aliphatic heterocycles. The van der Waals surface area contributed by atoms with Gasteiger partial charge in [-0.15, -0.1) is 0 Å². The Kier molecular flexibility index (Phi) is 2.76. The lowest BCUT2D eigenvalue weighted by molar-refractivity contribution is 0.281. The fourth-order valence-corrected chi connectivity index (χ4v) is 1.74. The van der Waals surface area contributed by atoms with Crippen molar-refractivity contribution in [2.75, 3.05) is 7.11 Å². The molecule has 2 rings (SSSR count).